The maximum atomic E-state index is 13.2. The second-order valence-corrected chi connectivity index (χ2v) is 9.65. The van der Waals surface area contributed by atoms with Crippen molar-refractivity contribution in [1.29, 1.82) is 5.26 Å². The van der Waals surface area contributed by atoms with Gasteiger partial charge in [-0.1, -0.05) is 0 Å². The van der Waals surface area contributed by atoms with Gasteiger partial charge >= 0.3 is 6.18 Å². The lowest BCUT2D eigenvalue weighted by atomic mass is 9.75. The maximum Gasteiger partial charge on any atom is 0.417 e. The van der Waals surface area contributed by atoms with Gasteiger partial charge in [-0.15, -0.1) is 0 Å². The van der Waals surface area contributed by atoms with Gasteiger partial charge in [-0.25, -0.2) is 8.42 Å². The standard InChI is InChI=1S/C17H17F3N2O3S/c1-15-5-6-16(2,25-15)14-13(15)9-22(26(14,23)24)11-4-3-10(8-21)12(7-11)17(18,19)20/h3-4,7,13-14H,5-6,9H2,1-2H3/t13-,14+,15-,16+/m1/s1. The number of rotatable bonds is 1. The van der Waals surface area contributed by atoms with Crippen LogP contribution in [0.2, 0.25) is 0 Å². The van der Waals surface area contributed by atoms with Crippen LogP contribution in [0.25, 0.3) is 0 Å². The zero-order chi connectivity index (χ0) is 19.1. The number of halogens is 3. The largest absolute Gasteiger partial charge is 0.417 e. The van der Waals surface area contributed by atoms with E-state index in [1.165, 1.54) is 12.1 Å². The number of anilines is 1. The highest BCUT2D eigenvalue weighted by Gasteiger charge is 2.71. The van der Waals surface area contributed by atoms with Crippen molar-refractivity contribution in [2.45, 2.75) is 49.3 Å². The van der Waals surface area contributed by atoms with E-state index in [0.717, 1.165) is 22.9 Å². The SMILES string of the molecule is C[C@]12CC[C@](C)(O1)[C@@H]1[C@H]2CN(c2ccc(C#N)c(C(F)(F)F)c2)S1(=O)=O. The molecule has 26 heavy (non-hydrogen) atoms. The third-order valence-electron chi connectivity index (χ3n) is 6.04. The molecule has 2 bridgehead atoms. The Balaban J connectivity index is 1.81. The van der Waals surface area contributed by atoms with Crippen LogP contribution in [-0.2, 0) is 20.9 Å². The fourth-order valence-corrected chi connectivity index (χ4v) is 7.48. The van der Waals surface area contributed by atoms with E-state index >= 15 is 0 Å². The van der Waals surface area contributed by atoms with E-state index in [1.807, 2.05) is 6.92 Å². The monoisotopic (exact) mass is 386 g/mol. The molecule has 0 N–H and O–H groups in total. The lowest BCUT2D eigenvalue weighted by molar-refractivity contribution is -0.137. The Labute approximate surface area is 149 Å². The van der Waals surface area contributed by atoms with Crippen molar-refractivity contribution in [2.75, 3.05) is 10.8 Å². The smallest absolute Gasteiger partial charge is 0.367 e. The van der Waals surface area contributed by atoms with Crippen molar-refractivity contribution in [3.8, 4) is 6.07 Å². The topological polar surface area (TPSA) is 70.4 Å². The van der Waals surface area contributed by atoms with Crippen LogP contribution in [0.5, 0.6) is 0 Å². The van der Waals surface area contributed by atoms with Gasteiger partial charge in [-0.2, -0.15) is 18.4 Å². The van der Waals surface area contributed by atoms with Crippen molar-refractivity contribution in [1.82, 2.24) is 0 Å². The molecule has 0 amide bonds. The first-order valence-corrected chi connectivity index (χ1v) is 9.76. The van der Waals surface area contributed by atoms with E-state index in [1.54, 1.807) is 6.92 Å². The van der Waals surface area contributed by atoms with Crippen LogP contribution < -0.4 is 4.31 Å². The van der Waals surface area contributed by atoms with E-state index in [-0.39, 0.29) is 18.2 Å². The molecule has 1 aromatic rings. The molecule has 0 aromatic heterocycles. The van der Waals surface area contributed by atoms with Gasteiger partial charge in [0.15, 0.2) is 0 Å². The molecule has 0 unspecified atom stereocenters. The van der Waals surface area contributed by atoms with Gasteiger partial charge in [-0.05, 0) is 44.9 Å². The Kier molecular flexibility index (Phi) is 3.34. The van der Waals surface area contributed by atoms with Gasteiger partial charge in [-0.3, -0.25) is 4.31 Å². The van der Waals surface area contributed by atoms with Crippen molar-refractivity contribution < 1.29 is 26.3 Å². The Morgan fingerprint density at radius 1 is 1.27 bits per heavy atom. The highest BCUT2D eigenvalue weighted by molar-refractivity contribution is 7.93. The van der Waals surface area contributed by atoms with E-state index in [4.69, 9.17) is 10.00 Å². The van der Waals surface area contributed by atoms with Crippen LogP contribution in [0.1, 0.15) is 37.8 Å². The summed E-state index contributed by atoms with van der Waals surface area (Å²) in [6, 6.07) is 4.55. The predicted octanol–water partition coefficient (Wildman–Crippen LogP) is 3.05. The minimum absolute atomic E-state index is 0.0580. The highest BCUT2D eigenvalue weighted by Crippen LogP contribution is 2.60. The Bertz CT molecular complexity index is 940. The molecule has 5 nitrogen and oxygen atoms in total. The summed E-state index contributed by atoms with van der Waals surface area (Å²) >= 11 is 0. The normalized spacial score (nSPS) is 37.6. The number of alkyl halides is 3. The van der Waals surface area contributed by atoms with Gasteiger partial charge in [0.25, 0.3) is 0 Å². The number of sulfonamides is 1. The molecule has 3 aliphatic heterocycles. The Morgan fingerprint density at radius 3 is 2.50 bits per heavy atom. The van der Waals surface area contributed by atoms with Crippen LogP contribution >= 0.6 is 0 Å². The number of hydrogen-bond acceptors (Lipinski definition) is 4. The lowest BCUT2D eigenvalue weighted by Crippen LogP contribution is -2.44. The van der Waals surface area contributed by atoms with Gasteiger partial charge < -0.3 is 4.74 Å². The van der Waals surface area contributed by atoms with Gasteiger partial charge in [0, 0.05) is 12.5 Å². The molecule has 3 saturated heterocycles. The first-order chi connectivity index (χ1) is 11.9. The number of benzene rings is 1. The van der Waals surface area contributed by atoms with Crippen LogP contribution in [0, 0.1) is 17.2 Å². The minimum Gasteiger partial charge on any atom is -0.367 e. The molecule has 4 atom stereocenters. The third-order valence-corrected chi connectivity index (χ3v) is 8.49. The Morgan fingerprint density at radius 2 is 1.92 bits per heavy atom. The zero-order valence-electron chi connectivity index (χ0n) is 14.2. The zero-order valence-corrected chi connectivity index (χ0v) is 15.0. The molecule has 1 aromatic carbocycles. The highest BCUT2D eigenvalue weighted by atomic mass is 32.2. The number of ether oxygens (including phenoxy) is 1. The fraction of sp³-hybridized carbons (Fsp3) is 0.588. The predicted molar refractivity (Wildman–Crippen MR) is 86.8 cm³/mol. The molecule has 0 saturated carbocycles. The molecule has 3 fully saturated rings. The van der Waals surface area contributed by atoms with Crippen LogP contribution in [0.4, 0.5) is 18.9 Å². The second kappa shape index (κ2) is 4.93. The van der Waals surface area contributed by atoms with Crippen molar-refractivity contribution in [3.63, 3.8) is 0 Å². The number of nitrogens with zero attached hydrogens (tertiary/aromatic N) is 2. The van der Waals surface area contributed by atoms with E-state index < -0.39 is 43.8 Å². The summed E-state index contributed by atoms with van der Waals surface area (Å²) in [5.41, 5.74) is -3.10. The Hall–Kier alpha value is -1.79. The summed E-state index contributed by atoms with van der Waals surface area (Å²) in [6.45, 7) is 3.73. The van der Waals surface area contributed by atoms with Gasteiger partial charge in [0.1, 0.15) is 5.25 Å². The molecule has 0 aliphatic carbocycles. The maximum absolute atomic E-state index is 13.2. The summed E-state index contributed by atoms with van der Waals surface area (Å²) < 4.78 is 73.1. The third kappa shape index (κ3) is 2.15. The fourth-order valence-electron chi connectivity index (χ4n) is 4.84. The summed E-state index contributed by atoms with van der Waals surface area (Å²) in [7, 11) is -3.87. The van der Waals surface area contributed by atoms with Crippen LogP contribution in [-0.4, -0.2) is 31.4 Å². The average molecular weight is 386 g/mol. The molecule has 0 spiro atoms. The van der Waals surface area contributed by atoms with E-state index in [9.17, 15) is 21.6 Å². The molecule has 9 heteroatoms. The number of fused-ring (bicyclic) bond motifs is 5. The number of hydrogen-bond donors (Lipinski definition) is 0. The van der Waals surface area contributed by atoms with Crippen molar-refractivity contribution >= 4 is 15.7 Å². The summed E-state index contributed by atoms with van der Waals surface area (Å²) in [6.07, 6.45) is -3.39. The molecular formula is C17H17F3N2O3S. The molecule has 3 heterocycles. The van der Waals surface area contributed by atoms with Crippen LogP contribution in [0.15, 0.2) is 18.2 Å². The number of nitriles is 1. The average Bonchev–Trinajstić information content (AvgIpc) is 3.09. The summed E-state index contributed by atoms with van der Waals surface area (Å²) in [5, 5.41) is 8.15. The van der Waals surface area contributed by atoms with E-state index in [0.29, 0.717) is 6.42 Å². The first-order valence-electron chi connectivity index (χ1n) is 8.25. The lowest BCUT2D eigenvalue weighted by Gasteiger charge is -2.28. The molecule has 140 valence electrons. The molecule has 4 rings (SSSR count). The van der Waals surface area contributed by atoms with Crippen molar-refractivity contribution in [3.05, 3.63) is 29.3 Å². The molecule has 0 radical (unpaired) electrons. The second-order valence-electron chi connectivity index (χ2n) is 7.67. The summed E-state index contributed by atoms with van der Waals surface area (Å²) in [5.74, 6) is -0.295. The van der Waals surface area contributed by atoms with Crippen molar-refractivity contribution in [2.24, 2.45) is 5.92 Å². The quantitative estimate of drug-likeness (QED) is 0.744. The minimum atomic E-state index is -4.74. The summed E-state index contributed by atoms with van der Waals surface area (Å²) in [4.78, 5) is 0. The molecular weight excluding hydrogens is 369 g/mol. The van der Waals surface area contributed by atoms with Gasteiger partial charge in [0.2, 0.25) is 10.0 Å². The first kappa shape index (κ1) is 17.6. The molecule has 3 aliphatic rings. The van der Waals surface area contributed by atoms with Crippen LogP contribution in [0.3, 0.4) is 0 Å². The van der Waals surface area contributed by atoms with Gasteiger partial charge in [0.05, 0.1) is 34.1 Å². The van der Waals surface area contributed by atoms with E-state index in [2.05, 4.69) is 0 Å².